The number of nitrogens with zero attached hydrogens (tertiary/aromatic N) is 2. The minimum Gasteiger partial charge on any atom is -0.490 e. The van der Waals surface area contributed by atoms with E-state index in [9.17, 15) is 19.2 Å². The lowest BCUT2D eigenvalue weighted by Crippen LogP contribution is -2.40. The highest BCUT2D eigenvalue weighted by Crippen LogP contribution is 2.37. The summed E-state index contributed by atoms with van der Waals surface area (Å²) >= 11 is 8.08. The topological polar surface area (TPSA) is 141 Å². The number of hydrogen-bond donors (Lipinski definition) is 0. The molecule has 0 N–H and O–H groups in total. The van der Waals surface area contributed by atoms with Crippen LogP contribution < -0.4 is 29.1 Å². The molecule has 0 radical (unpaired) electrons. The normalized spacial score (nSPS) is 14.2. The zero-order chi connectivity index (χ0) is 34.2. The maximum Gasteiger partial charge on any atom is 0.344 e. The Balaban J connectivity index is 1.90. The molecule has 0 bridgehead atoms. The van der Waals surface area contributed by atoms with E-state index in [2.05, 4.69) is 41.6 Å². The van der Waals surface area contributed by atoms with Gasteiger partial charge in [0.2, 0.25) is 0 Å². The first kappa shape index (κ1) is 35.9. The van der Waals surface area contributed by atoms with E-state index in [4.69, 9.17) is 23.7 Å². The van der Waals surface area contributed by atoms with Crippen LogP contribution in [0.3, 0.4) is 0 Å². The molecular formula is C32H32Br2N2O10S. The summed E-state index contributed by atoms with van der Waals surface area (Å²) in [5.74, 6) is -0.821. The van der Waals surface area contributed by atoms with E-state index in [1.165, 1.54) is 11.7 Å². The quantitative estimate of drug-likeness (QED) is 0.183. The van der Waals surface area contributed by atoms with Crippen LogP contribution in [0.25, 0.3) is 6.08 Å². The van der Waals surface area contributed by atoms with Gasteiger partial charge in [0, 0.05) is 10.0 Å². The molecule has 4 rings (SSSR count). The summed E-state index contributed by atoms with van der Waals surface area (Å²) in [5.41, 5.74) is 1.16. The van der Waals surface area contributed by atoms with Gasteiger partial charge in [0.1, 0.15) is 5.75 Å². The van der Waals surface area contributed by atoms with Gasteiger partial charge in [0.15, 0.2) is 29.5 Å². The van der Waals surface area contributed by atoms with Crippen LogP contribution in [0.15, 0.2) is 60.3 Å². The third-order valence-electron chi connectivity index (χ3n) is 6.64. The van der Waals surface area contributed by atoms with Gasteiger partial charge < -0.3 is 28.4 Å². The lowest BCUT2D eigenvalue weighted by atomic mass is 9.95. The molecule has 1 aliphatic rings. The van der Waals surface area contributed by atoms with Gasteiger partial charge in [0.25, 0.3) is 5.56 Å². The van der Waals surface area contributed by atoms with Crippen molar-refractivity contribution in [2.75, 3.05) is 40.1 Å². The molecule has 0 aliphatic carbocycles. The van der Waals surface area contributed by atoms with E-state index in [1.54, 1.807) is 64.1 Å². The van der Waals surface area contributed by atoms with Gasteiger partial charge in [0.05, 0.1) is 53.2 Å². The van der Waals surface area contributed by atoms with Crippen molar-refractivity contribution in [2.45, 2.75) is 33.7 Å². The van der Waals surface area contributed by atoms with Crippen LogP contribution in [0.5, 0.6) is 17.2 Å². The van der Waals surface area contributed by atoms with E-state index in [0.29, 0.717) is 46.6 Å². The maximum absolute atomic E-state index is 14.2. The highest BCUT2D eigenvalue weighted by Gasteiger charge is 2.34. The second-order valence-electron chi connectivity index (χ2n) is 9.71. The third kappa shape index (κ3) is 8.32. The van der Waals surface area contributed by atoms with Crippen molar-refractivity contribution < 1.29 is 42.8 Å². The van der Waals surface area contributed by atoms with Crippen LogP contribution in [-0.4, -0.2) is 62.6 Å². The van der Waals surface area contributed by atoms with Gasteiger partial charge in [-0.3, -0.25) is 9.36 Å². The number of halogens is 2. The molecule has 0 spiro atoms. The van der Waals surface area contributed by atoms with E-state index in [-0.39, 0.29) is 44.4 Å². The number of benzene rings is 2. The largest absolute Gasteiger partial charge is 0.490 e. The number of carbonyl (C=O) groups is 3. The molecule has 2 heterocycles. The number of thiazole rings is 1. The van der Waals surface area contributed by atoms with Crippen molar-refractivity contribution in [3.63, 3.8) is 0 Å². The van der Waals surface area contributed by atoms with Crippen LogP contribution in [0.4, 0.5) is 0 Å². The average molecular weight is 796 g/mol. The molecule has 2 aromatic carbocycles. The Labute approximate surface area is 290 Å². The zero-order valence-corrected chi connectivity index (χ0v) is 30.2. The van der Waals surface area contributed by atoms with Gasteiger partial charge in [-0.15, -0.1) is 0 Å². The number of rotatable bonds is 13. The predicted molar refractivity (Wildman–Crippen MR) is 179 cm³/mol. The Morgan fingerprint density at radius 2 is 1.66 bits per heavy atom. The summed E-state index contributed by atoms with van der Waals surface area (Å²) in [4.78, 5) is 56.3. The van der Waals surface area contributed by atoms with Crippen molar-refractivity contribution in [3.05, 3.63) is 81.4 Å². The monoisotopic (exact) mass is 794 g/mol. The highest BCUT2D eigenvalue weighted by atomic mass is 79.9. The van der Waals surface area contributed by atoms with Gasteiger partial charge >= 0.3 is 17.9 Å². The van der Waals surface area contributed by atoms with Gasteiger partial charge in [-0.1, -0.05) is 33.3 Å². The van der Waals surface area contributed by atoms with Crippen molar-refractivity contribution in [1.82, 2.24) is 4.57 Å². The van der Waals surface area contributed by atoms with Gasteiger partial charge in [-0.25, -0.2) is 19.4 Å². The van der Waals surface area contributed by atoms with Gasteiger partial charge in [-0.05, 0) is 79.5 Å². The fourth-order valence-corrected chi connectivity index (χ4v) is 7.11. The predicted octanol–water partition coefficient (Wildman–Crippen LogP) is 4.22. The Morgan fingerprint density at radius 3 is 2.34 bits per heavy atom. The molecule has 1 atom stereocenters. The Morgan fingerprint density at radius 1 is 0.936 bits per heavy atom. The molecule has 15 heteroatoms. The number of hydrogen-bond acceptors (Lipinski definition) is 12. The Bertz CT molecular complexity index is 1900. The van der Waals surface area contributed by atoms with Crippen LogP contribution in [-0.2, 0) is 28.6 Å². The zero-order valence-electron chi connectivity index (χ0n) is 26.2. The van der Waals surface area contributed by atoms with Crippen LogP contribution in [0.2, 0.25) is 0 Å². The minimum atomic E-state index is -0.935. The first-order valence-electron chi connectivity index (χ1n) is 14.5. The molecule has 250 valence electrons. The Kier molecular flexibility index (Phi) is 12.4. The molecule has 1 aliphatic heterocycles. The van der Waals surface area contributed by atoms with E-state index < -0.39 is 29.5 Å². The minimum absolute atomic E-state index is 0.115. The molecule has 0 saturated heterocycles. The number of carbonyl (C=O) groups excluding carboxylic acids is 3. The SMILES string of the molecule is CCOC(=O)COc1c(Br)cc(Br)cc1/C=c1/sc2n(c1=O)[C@@H](c1ccc(OCC(=O)OC)c(OCC)c1)C(C(=O)OCC)=C(C)N=2. The third-order valence-corrected chi connectivity index (χ3v) is 8.67. The first-order valence-corrected chi connectivity index (χ1v) is 16.9. The molecule has 0 fully saturated rings. The molecular weight excluding hydrogens is 764 g/mol. The Hall–Kier alpha value is -3.95. The lowest BCUT2D eigenvalue weighted by Gasteiger charge is -2.25. The molecule has 12 nitrogen and oxygen atoms in total. The second-order valence-corrected chi connectivity index (χ2v) is 12.5. The van der Waals surface area contributed by atoms with Crippen molar-refractivity contribution in [1.29, 1.82) is 0 Å². The number of ether oxygens (including phenoxy) is 6. The summed E-state index contributed by atoms with van der Waals surface area (Å²) in [6.07, 6.45) is 1.63. The van der Waals surface area contributed by atoms with Crippen molar-refractivity contribution in [2.24, 2.45) is 4.99 Å². The second kappa shape index (κ2) is 16.2. The van der Waals surface area contributed by atoms with Crippen LogP contribution >= 0.6 is 43.2 Å². The van der Waals surface area contributed by atoms with Crippen LogP contribution in [0.1, 0.15) is 44.9 Å². The molecule has 3 aromatic rings. The number of methoxy groups -OCH3 is 1. The van der Waals surface area contributed by atoms with Crippen LogP contribution in [0, 0.1) is 0 Å². The van der Waals surface area contributed by atoms with E-state index in [1.807, 2.05) is 0 Å². The highest BCUT2D eigenvalue weighted by molar-refractivity contribution is 9.11. The molecule has 47 heavy (non-hydrogen) atoms. The number of allylic oxidation sites excluding steroid dienone is 1. The molecule has 0 saturated carbocycles. The average Bonchev–Trinajstić information content (AvgIpc) is 3.33. The number of aromatic nitrogens is 1. The number of fused-ring (bicyclic) bond motifs is 1. The molecule has 0 amide bonds. The van der Waals surface area contributed by atoms with E-state index >= 15 is 0 Å². The summed E-state index contributed by atoms with van der Waals surface area (Å²) in [5, 5.41) is 0. The standard InChI is InChI=1S/C32H32Br2N2O10S/c1-6-42-23-12-18(9-10-22(23)45-15-25(37)41-5)28-27(31(40)44-8-3)17(4)35-32-36(28)30(39)24(47-32)13-19-11-20(33)14-21(34)29(19)46-16-26(38)43-7-2/h9-14,28H,6-8,15-16H2,1-5H3/b24-13+/t28-/m0/s1. The summed E-state index contributed by atoms with van der Waals surface area (Å²) in [6, 6.07) is 7.50. The lowest BCUT2D eigenvalue weighted by molar-refractivity contribution is -0.145. The summed E-state index contributed by atoms with van der Waals surface area (Å²) in [6.45, 7) is 6.80. The van der Waals surface area contributed by atoms with Crippen molar-refractivity contribution >= 4 is 67.2 Å². The summed E-state index contributed by atoms with van der Waals surface area (Å²) < 4.78 is 35.3. The molecule has 1 aromatic heterocycles. The fourth-order valence-electron chi connectivity index (χ4n) is 4.70. The first-order chi connectivity index (χ1) is 22.5. The smallest absolute Gasteiger partial charge is 0.344 e. The molecule has 0 unspecified atom stereocenters. The fraction of sp³-hybridized carbons (Fsp3) is 0.344. The summed E-state index contributed by atoms with van der Waals surface area (Å²) in [7, 11) is 1.26. The number of esters is 3. The maximum atomic E-state index is 14.2. The van der Waals surface area contributed by atoms with Gasteiger partial charge in [-0.2, -0.15) is 0 Å². The van der Waals surface area contributed by atoms with Crippen molar-refractivity contribution in [3.8, 4) is 17.2 Å². The van der Waals surface area contributed by atoms with E-state index in [0.717, 1.165) is 11.3 Å².